The van der Waals surface area contributed by atoms with Crippen molar-refractivity contribution in [1.29, 1.82) is 0 Å². The van der Waals surface area contributed by atoms with Crippen molar-refractivity contribution in [2.75, 3.05) is 11.1 Å². The number of nitrogens with one attached hydrogen (secondary N) is 1. The second-order valence-electron chi connectivity index (χ2n) is 7.57. The maximum absolute atomic E-state index is 13.2. The Labute approximate surface area is 202 Å². The van der Waals surface area contributed by atoms with Crippen molar-refractivity contribution in [1.82, 2.24) is 4.98 Å². The first-order chi connectivity index (χ1) is 16.1. The van der Waals surface area contributed by atoms with Gasteiger partial charge in [-0.25, -0.2) is 4.98 Å². The largest absolute Gasteiger partial charge is 0.302 e. The van der Waals surface area contributed by atoms with Gasteiger partial charge in [0.25, 0.3) is 0 Å². The molecule has 4 aromatic rings. The Kier molecular flexibility index (Phi) is 7.70. The summed E-state index contributed by atoms with van der Waals surface area (Å²) >= 11 is 2.97. The van der Waals surface area contributed by atoms with Gasteiger partial charge in [0.15, 0.2) is 5.13 Å². The quantitative estimate of drug-likeness (QED) is 0.164. The minimum Gasteiger partial charge on any atom is -0.302 e. The number of thioether (sulfide) groups is 1. The fourth-order valence-electron chi connectivity index (χ4n) is 3.28. The highest BCUT2D eigenvalue weighted by molar-refractivity contribution is 7.99. The fraction of sp³-hybridized carbons (Fsp3) is 0.148. The summed E-state index contributed by atoms with van der Waals surface area (Å²) in [6.45, 7) is 2.07. The minimum absolute atomic E-state index is 0.0911. The summed E-state index contributed by atoms with van der Waals surface area (Å²) in [6, 6.07) is 27.1. The monoisotopic (exact) mass is 472 g/mol. The summed E-state index contributed by atoms with van der Waals surface area (Å²) < 4.78 is 0. The van der Waals surface area contributed by atoms with Crippen molar-refractivity contribution < 1.29 is 9.59 Å². The molecule has 166 valence electrons. The Morgan fingerprint density at radius 1 is 0.909 bits per heavy atom. The van der Waals surface area contributed by atoms with Crippen LogP contribution in [0.1, 0.15) is 33.6 Å². The summed E-state index contributed by atoms with van der Waals surface area (Å²) in [4.78, 5) is 32.0. The van der Waals surface area contributed by atoms with Crippen molar-refractivity contribution in [3.8, 4) is 11.3 Å². The summed E-state index contributed by atoms with van der Waals surface area (Å²) in [6.07, 6.45) is 1.16. The number of aryl methyl sites for hydroxylation is 1. The van der Waals surface area contributed by atoms with Gasteiger partial charge in [-0.05, 0) is 31.2 Å². The number of aromatic nitrogens is 1. The second-order valence-corrected chi connectivity index (χ2v) is 9.74. The molecule has 0 unspecified atom stereocenters. The van der Waals surface area contributed by atoms with Crippen LogP contribution in [0.4, 0.5) is 5.13 Å². The standard InChI is InChI=1S/C27H24N2O2S2/c1-19-14-16-22(17-15-19)32-18-8-13-23(30)28-27-29-24(20-9-4-2-5-10-20)26(33-27)25(31)21-11-6-3-7-12-21/h2-7,9-12,14-17H,8,13,18H2,1H3,(H,28,29,30). The minimum atomic E-state index is -0.0954. The number of benzene rings is 3. The van der Waals surface area contributed by atoms with E-state index in [1.54, 1.807) is 23.9 Å². The van der Waals surface area contributed by atoms with E-state index in [-0.39, 0.29) is 11.7 Å². The molecule has 0 aliphatic rings. The third-order valence-electron chi connectivity index (χ3n) is 5.00. The molecular formula is C27H24N2O2S2. The molecule has 0 aliphatic heterocycles. The molecule has 0 spiro atoms. The molecule has 1 N–H and O–H groups in total. The van der Waals surface area contributed by atoms with Crippen LogP contribution < -0.4 is 5.32 Å². The molecule has 4 nitrogen and oxygen atoms in total. The molecule has 0 fully saturated rings. The Bertz CT molecular complexity index is 1220. The van der Waals surface area contributed by atoms with Crippen LogP contribution in [-0.4, -0.2) is 22.4 Å². The van der Waals surface area contributed by atoms with Gasteiger partial charge in [0.05, 0.1) is 5.69 Å². The number of amides is 1. The van der Waals surface area contributed by atoms with E-state index in [9.17, 15) is 9.59 Å². The number of hydrogen-bond acceptors (Lipinski definition) is 5. The van der Waals surface area contributed by atoms with Crippen LogP contribution in [0.15, 0.2) is 89.8 Å². The van der Waals surface area contributed by atoms with Gasteiger partial charge < -0.3 is 5.32 Å². The van der Waals surface area contributed by atoms with E-state index < -0.39 is 0 Å². The summed E-state index contributed by atoms with van der Waals surface area (Å²) in [5.74, 6) is 0.676. The molecule has 1 aromatic heterocycles. The van der Waals surface area contributed by atoms with Gasteiger partial charge in [-0.3, -0.25) is 9.59 Å². The first-order valence-electron chi connectivity index (χ1n) is 10.8. The lowest BCUT2D eigenvalue weighted by atomic mass is 10.1. The van der Waals surface area contributed by atoms with Crippen LogP contribution in [0.5, 0.6) is 0 Å². The molecule has 0 radical (unpaired) electrons. The van der Waals surface area contributed by atoms with Crippen molar-refractivity contribution in [3.63, 3.8) is 0 Å². The molecule has 0 saturated carbocycles. The van der Waals surface area contributed by atoms with Gasteiger partial charge in [-0.1, -0.05) is 89.7 Å². The average molecular weight is 473 g/mol. The first kappa shape index (κ1) is 23.0. The number of anilines is 1. The lowest BCUT2D eigenvalue weighted by Crippen LogP contribution is -2.11. The maximum Gasteiger partial charge on any atom is 0.226 e. The predicted molar refractivity (Wildman–Crippen MR) is 137 cm³/mol. The van der Waals surface area contributed by atoms with Crippen LogP contribution in [0.25, 0.3) is 11.3 Å². The van der Waals surface area contributed by atoms with Crippen LogP contribution in [0.3, 0.4) is 0 Å². The molecule has 6 heteroatoms. The number of rotatable bonds is 9. The highest BCUT2D eigenvalue weighted by atomic mass is 32.2. The molecule has 4 rings (SSSR count). The fourth-order valence-corrected chi connectivity index (χ4v) is 5.10. The van der Waals surface area contributed by atoms with Crippen molar-refractivity contribution >= 4 is 39.9 Å². The topological polar surface area (TPSA) is 59.1 Å². The number of thiazole rings is 1. The van der Waals surface area contributed by atoms with Gasteiger partial charge in [0.2, 0.25) is 11.7 Å². The number of nitrogens with zero attached hydrogens (tertiary/aromatic N) is 1. The maximum atomic E-state index is 13.2. The molecular weight excluding hydrogens is 448 g/mol. The molecule has 3 aromatic carbocycles. The van der Waals surface area contributed by atoms with E-state index in [0.717, 1.165) is 17.7 Å². The van der Waals surface area contributed by atoms with Gasteiger partial charge in [0, 0.05) is 22.4 Å². The Morgan fingerprint density at radius 2 is 1.58 bits per heavy atom. The number of carbonyl (C=O) groups is 2. The Hall–Kier alpha value is -3.22. The molecule has 0 atom stereocenters. The SMILES string of the molecule is Cc1ccc(SCCCC(=O)Nc2nc(-c3ccccc3)c(C(=O)c3ccccc3)s2)cc1. The van der Waals surface area contributed by atoms with Gasteiger partial charge in [-0.2, -0.15) is 0 Å². The number of carbonyl (C=O) groups excluding carboxylic acids is 2. The summed E-state index contributed by atoms with van der Waals surface area (Å²) in [5.41, 5.74) is 3.29. The zero-order valence-electron chi connectivity index (χ0n) is 18.3. The summed E-state index contributed by atoms with van der Waals surface area (Å²) in [5, 5.41) is 3.34. The highest BCUT2D eigenvalue weighted by Crippen LogP contribution is 2.33. The van der Waals surface area contributed by atoms with E-state index in [4.69, 9.17) is 0 Å². The van der Waals surface area contributed by atoms with Gasteiger partial charge in [0.1, 0.15) is 4.88 Å². The van der Waals surface area contributed by atoms with Gasteiger partial charge in [-0.15, -0.1) is 11.8 Å². The van der Waals surface area contributed by atoms with Crippen LogP contribution in [0, 0.1) is 6.92 Å². The molecule has 33 heavy (non-hydrogen) atoms. The van der Waals surface area contributed by atoms with Crippen LogP contribution in [0.2, 0.25) is 0 Å². The molecule has 1 heterocycles. The van der Waals surface area contributed by atoms with E-state index in [1.807, 2.05) is 48.5 Å². The van der Waals surface area contributed by atoms with Crippen LogP contribution in [-0.2, 0) is 4.79 Å². The average Bonchev–Trinajstić information content (AvgIpc) is 3.27. The molecule has 1 amide bonds. The van der Waals surface area contributed by atoms with Crippen LogP contribution >= 0.6 is 23.1 Å². The molecule has 0 aliphatic carbocycles. The first-order valence-corrected chi connectivity index (χ1v) is 12.6. The smallest absolute Gasteiger partial charge is 0.226 e. The highest BCUT2D eigenvalue weighted by Gasteiger charge is 2.21. The lowest BCUT2D eigenvalue weighted by molar-refractivity contribution is -0.116. The second kappa shape index (κ2) is 11.1. The number of hydrogen-bond donors (Lipinski definition) is 1. The number of ketones is 1. The van der Waals surface area contributed by atoms with E-state index >= 15 is 0 Å². The summed E-state index contributed by atoms with van der Waals surface area (Å²) in [7, 11) is 0. The van der Waals surface area contributed by atoms with E-state index in [0.29, 0.717) is 27.7 Å². The van der Waals surface area contributed by atoms with Crippen molar-refractivity contribution in [2.45, 2.75) is 24.7 Å². The van der Waals surface area contributed by atoms with Crippen molar-refractivity contribution in [2.24, 2.45) is 0 Å². The Morgan fingerprint density at radius 3 is 2.27 bits per heavy atom. The third kappa shape index (κ3) is 6.18. The van der Waals surface area contributed by atoms with E-state index in [2.05, 4.69) is 41.5 Å². The van der Waals surface area contributed by atoms with Crippen molar-refractivity contribution in [3.05, 3.63) is 101 Å². The van der Waals surface area contributed by atoms with E-state index in [1.165, 1.54) is 21.8 Å². The zero-order valence-corrected chi connectivity index (χ0v) is 19.9. The molecule has 0 bridgehead atoms. The van der Waals surface area contributed by atoms with Gasteiger partial charge >= 0.3 is 0 Å². The lowest BCUT2D eigenvalue weighted by Gasteiger charge is -2.03. The molecule has 0 saturated heterocycles. The zero-order chi connectivity index (χ0) is 23.0. The Balaban J connectivity index is 1.43. The normalized spacial score (nSPS) is 10.7. The predicted octanol–water partition coefficient (Wildman–Crippen LogP) is 6.86. The third-order valence-corrected chi connectivity index (χ3v) is 7.07.